The van der Waals surface area contributed by atoms with E-state index in [9.17, 15) is 4.79 Å². The lowest BCUT2D eigenvalue weighted by Gasteiger charge is -2.10. The summed E-state index contributed by atoms with van der Waals surface area (Å²) in [6.45, 7) is 2.54. The van der Waals surface area contributed by atoms with Gasteiger partial charge >= 0.3 is 0 Å². The number of amides is 1. The Bertz CT molecular complexity index is 95.0. The predicted molar refractivity (Wildman–Crippen MR) is 33.7 cm³/mol. The van der Waals surface area contributed by atoms with Crippen molar-refractivity contribution < 1.29 is 9.53 Å². The molecule has 4 nitrogen and oxygen atoms in total. The molecule has 54 valence electrons. The summed E-state index contributed by atoms with van der Waals surface area (Å²) in [4.78, 5) is 10.4. The molecule has 0 aromatic carbocycles. The number of primary amides is 1. The van der Waals surface area contributed by atoms with Crippen LogP contribution in [0.4, 0.5) is 0 Å². The number of methoxy groups -OCH3 is 1. The summed E-state index contributed by atoms with van der Waals surface area (Å²) in [5, 5.41) is 2.73. The van der Waals surface area contributed by atoms with Crippen LogP contribution in [-0.2, 0) is 9.53 Å². The fourth-order valence-corrected chi connectivity index (χ4v) is 0.485. The number of hydrogen-bond acceptors (Lipinski definition) is 3. The van der Waals surface area contributed by atoms with Gasteiger partial charge < -0.3 is 10.5 Å². The van der Waals surface area contributed by atoms with Crippen molar-refractivity contribution in [3.05, 3.63) is 0 Å². The maximum absolute atomic E-state index is 10.4. The molecule has 4 heteroatoms. The van der Waals surface area contributed by atoms with Gasteiger partial charge in [-0.1, -0.05) is 6.92 Å². The summed E-state index contributed by atoms with van der Waals surface area (Å²) in [5.41, 5.74) is 4.91. The Morgan fingerprint density at radius 2 is 2.44 bits per heavy atom. The molecular weight excluding hydrogens is 120 g/mol. The molecule has 0 radical (unpaired) electrons. The zero-order valence-corrected chi connectivity index (χ0v) is 5.68. The molecule has 0 aliphatic carbocycles. The van der Waals surface area contributed by atoms with Gasteiger partial charge in [0.05, 0.1) is 0 Å². The number of carbonyl (C=O) groups is 1. The minimum atomic E-state index is -0.644. The molecule has 3 N–H and O–H groups in total. The van der Waals surface area contributed by atoms with Gasteiger partial charge in [0, 0.05) is 7.11 Å². The van der Waals surface area contributed by atoms with Crippen LogP contribution in [0.5, 0.6) is 0 Å². The number of nitrogens with one attached hydrogen (secondary N) is 1. The first kappa shape index (κ1) is 8.39. The number of likely N-dealkylation sites (N-methyl/N-ethyl adjacent to an activating group) is 1. The van der Waals surface area contributed by atoms with E-state index in [1.165, 1.54) is 7.11 Å². The van der Waals surface area contributed by atoms with E-state index in [-0.39, 0.29) is 0 Å². The average Bonchev–Trinajstić information content (AvgIpc) is 1.82. The molecular formula is C5H12N2O2. The van der Waals surface area contributed by atoms with Crippen molar-refractivity contribution in [2.24, 2.45) is 5.73 Å². The van der Waals surface area contributed by atoms with Crippen molar-refractivity contribution in [2.45, 2.75) is 13.2 Å². The summed E-state index contributed by atoms with van der Waals surface area (Å²) in [6, 6.07) is 0. The lowest BCUT2D eigenvalue weighted by molar-refractivity contribution is -0.129. The van der Waals surface area contributed by atoms with E-state index in [4.69, 9.17) is 5.73 Å². The van der Waals surface area contributed by atoms with E-state index >= 15 is 0 Å². The monoisotopic (exact) mass is 132 g/mol. The topological polar surface area (TPSA) is 64.3 Å². The summed E-state index contributed by atoms with van der Waals surface area (Å²) in [6.07, 6.45) is -0.644. The van der Waals surface area contributed by atoms with Crippen LogP contribution >= 0.6 is 0 Å². The van der Waals surface area contributed by atoms with Gasteiger partial charge in [-0.05, 0) is 6.54 Å². The standard InChI is InChI=1S/C5H12N2O2/c1-3-7-5(9-2)4(6)8/h5,7H,3H2,1-2H3,(H2,6,8). The number of rotatable bonds is 4. The molecule has 0 bridgehead atoms. The molecule has 1 atom stereocenters. The maximum Gasteiger partial charge on any atom is 0.261 e. The predicted octanol–water partition coefficient (Wildman–Crippen LogP) is -0.946. The molecule has 0 aliphatic heterocycles. The Labute approximate surface area is 54.4 Å². The van der Waals surface area contributed by atoms with Gasteiger partial charge in [-0.15, -0.1) is 0 Å². The van der Waals surface area contributed by atoms with Crippen LogP contribution in [0.25, 0.3) is 0 Å². The lowest BCUT2D eigenvalue weighted by Crippen LogP contribution is -2.42. The van der Waals surface area contributed by atoms with Crippen molar-refractivity contribution in [1.82, 2.24) is 5.32 Å². The van der Waals surface area contributed by atoms with Crippen molar-refractivity contribution in [3.63, 3.8) is 0 Å². The van der Waals surface area contributed by atoms with Crippen LogP contribution in [0.15, 0.2) is 0 Å². The third-order valence-corrected chi connectivity index (χ3v) is 0.884. The van der Waals surface area contributed by atoms with Crippen molar-refractivity contribution in [1.29, 1.82) is 0 Å². The minimum absolute atomic E-state index is 0.487. The zero-order chi connectivity index (χ0) is 7.28. The average molecular weight is 132 g/mol. The highest BCUT2D eigenvalue weighted by Gasteiger charge is 2.09. The number of carbonyl (C=O) groups excluding carboxylic acids is 1. The molecule has 0 heterocycles. The fourth-order valence-electron chi connectivity index (χ4n) is 0.485. The van der Waals surface area contributed by atoms with Gasteiger partial charge in [0.15, 0.2) is 6.23 Å². The van der Waals surface area contributed by atoms with E-state index in [0.717, 1.165) is 0 Å². The third-order valence-electron chi connectivity index (χ3n) is 0.884. The van der Waals surface area contributed by atoms with Crippen LogP contribution in [0.1, 0.15) is 6.92 Å². The third kappa shape index (κ3) is 3.05. The maximum atomic E-state index is 10.4. The molecule has 0 aromatic rings. The first-order valence-electron chi connectivity index (χ1n) is 2.77. The second kappa shape index (κ2) is 4.29. The van der Waals surface area contributed by atoms with Gasteiger partial charge in [0.1, 0.15) is 0 Å². The number of ether oxygens (including phenoxy) is 1. The SMILES string of the molecule is CCNC(OC)C(N)=O. The number of hydrogen-bond donors (Lipinski definition) is 2. The zero-order valence-electron chi connectivity index (χ0n) is 5.68. The minimum Gasteiger partial charge on any atom is -0.366 e. The summed E-state index contributed by atoms with van der Waals surface area (Å²) in [7, 11) is 1.43. The van der Waals surface area contributed by atoms with E-state index < -0.39 is 12.1 Å². The molecule has 0 spiro atoms. The summed E-state index contributed by atoms with van der Waals surface area (Å²) < 4.78 is 4.67. The molecule has 9 heavy (non-hydrogen) atoms. The fraction of sp³-hybridized carbons (Fsp3) is 0.800. The Morgan fingerprint density at radius 1 is 1.89 bits per heavy atom. The van der Waals surface area contributed by atoms with Crippen LogP contribution < -0.4 is 11.1 Å². The Kier molecular flexibility index (Phi) is 4.00. The summed E-state index contributed by atoms with van der Waals surface area (Å²) >= 11 is 0. The first-order chi connectivity index (χ1) is 4.22. The highest BCUT2D eigenvalue weighted by atomic mass is 16.5. The van der Waals surface area contributed by atoms with Gasteiger partial charge in [-0.25, -0.2) is 0 Å². The van der Waals surface area contributed by atoms with Crippen LogP contribution in [0.2, 0.25) is 0 Å². The van der Waals surface area contributed by atoms with Crippen LogP contribution in [-0.4, -0.2) is 25.8 Å². The Balaban J connectivity index is 3.54. The van der Waals surface area contributed by atoms with Crippen molar-refractivity contribution in [2.75, 3.05) is 13.7 Å². The normalized spacial score (nSPS) is 13.1. The van der Waals surface area contributed by atoms with Gasteiger partial charge in [0.2, 0.25) is 0 Å². The van der Waals surface area contributed by atoms with E-state index in [0.29, 0.717) is 6.54 Å². The highest BCUT2D eigenvalue weighted by molar-refractivity contribution is 5.78. The highest BCUT2D eigenvalue weighted by Crippen LogP contribution is 1.79. The van der Waals surface area contributed by atoms with Crippen LogP contribution in [0, 0.1) is 0 Å². The second-order valence-electron chi connectivity index (χ2n) is 1.58. The molecule has 1 amide bonds. The summed E-state index contributed by atoms with van der Waals surface area (Å²) in [5.74, 6) is -0.487. The van der Waals surface area contributed by atoms with E-state index in [1.54, 1.807) is 0 Å². The van der Waals surface area contributed by atoms with Crippen molar-refractivity contribution >= 4 is 5.91 Å². The molecule has 0 rings (SSSR count). The molecule has 0 fully saturated rings. The van der Waals surface area contributed by atoms with E-state index in [1.807, 2.05) is 6.92 Å². The lowest BCUT2D eigenvalue weighted by atomic mass is 10.5. The van der Waals surface area contributed by atoms with E-state index in [2.05, 4.69) is 10.1 Å². The largest absolute Gasteiger partial charge is 0.366 e. The van der Waals surface area contributed by atoms with Crippen LogP contribution in [0.3, 0.4) is 0 Å². The van der Waals surface area contributed by atoms with Gasteiger partial charge in [-0.3, -0.25) is 10.1 Å². The molecule has 0 saturated heterocycles. The Hall–Kier alpha value is -0.610. The first-order valence-corrected chi connectivity index (χ1v) is 2.77. The Morgan fingerprint density at radius 3 is 2.56 bits per heavy atom. The molecule has 0 aliphatic rings. The quantitative estimate of drug-likeness (QED) is 0.485. The van der Waals surface area contributed by atoms with Gasteiger partial charge in [-0.2, -0.15) is 0 Å². The molecule has 1 unspecified atom stereocenters. The van der Waals surface area contributed by atoms with Gasteiger partial charge in [0.25, 0.3) is 5.91 Å². The smallest absolute Gasteiger partial charge is 0.261 e. The number of nitrogens with two attached hydrogens (primary N) is 1. The second-order valence-corrected chi connectivity index (χ2v) is 1.58. The van der Waals surface area contributed by atoms with Crippen molar-refractivity contribution in [3.8, 4) is 0 Å². The molecule has 0 aromatic heterocycles. The molecule has 0 saturated carbocycles.